The zero-order valence-corrected chi connectivity index (χ0v) is 17.9. The lowest BCUT2D eigenvalue weighted by Gasteiger charge is -2.32. The summed E-state index contributed by atoms with van der Waals surface area (Å²) < 4.78 is 11.4. The average Bonchev–Trinajstić information content (AvgIpc) is 3.41. The van der Waals surface area contributed by atoms with Crippen LogP contribution in [-0.4, -0.2) is 38.4 Å². The number of methoxy groups -OCH3 is 1. The van der Waals surface area contributed by atoms with Gasteiger partial charge in [0.05, 0.1) is 20.3 Å². The molecule has 0 saturated carbocycles. The van der Waals surface area contributed by atoms with Gasteiger partial charge in [-0.3, -0.25) is 0 Å². The van der Waals surface area contributed by atoms with Crippen molar-refractivity contribution in [1.29, 1.82) is 0 Å². The third-order valence-corrected chi connectivity index (χ3v) is 6.78. The summed E-state index contributed by atoms with van der Waals surface area (Å²) in [5.74, 6) is 1.65. The van der Waals surface area contributed by atoms with Gasteiger partial charge < -0.3 is 20.1 Å². The van der Waals surface area contributed by atoms with Crippen molar-refractivity contribution in [3.63, 3.8) is 0 Å². The number of rotatable bonds is 7. The van der Waals surface area contributed by atoms with E-state index in [4.69, 9.17) is 9.47 Å². The highest BCUT2D eigenvalue weighted by molar-refractivity contribution is 5.37. The molecule has 2 fully saturated rings. The van der Waals surface area contributed by atoms with Crippen molar-refractivity contribution in [1.82, 2.24) is 10.6 Å². The molecule has 2 aliphatic rings. The number of para-hydroxylation sites is 1. The van der Waals surface area contributed by atoms with Crippen molar-refractivity contribution in [3.8, 4) is 5.75 Å². The van der Waals surface area contributed by atoms with E-state index in [9.17, 15) is 0 Å². The summed E-state index contributed by atoms with van der Waals surface area (Å²) in [6, 6.07) is 31.0. The third-order valence-electron chi connectivity index (χ3n) is 6.78. The number of nitrogens with one attached hydrogen (secondary N) is 2. The molecular formula is C27H30N2O2. The van der Waals surface area contributed by atoms with Gasteiger partial charge in [0, 0.05) is 42.1 Å². The molecule has 4 heteroatoms. The molecule has 2 aliphatic heterocycles. The van der Waals surface area contributed by atoms with Gasteiger partial charge in [-0.2, -0.15) is 0 Å². The molecule has 3 aromatic carbocycles. The molecule has 0 aromatic heterocycles. The Kier molecular flexibility index (Phi) is 6.03. The highest BCUT2D eigenvalue weighted by Crippen LogP contribution is 2.38. The van der Waals surface area contributed by atoms with Crippen LogP contribution in [0.5, 0.6) is 5.75 Å². The summed E-state index contributed by atoms with van der Waals surface area (Å²) in [4.78, 5) is 0. The predicted octanol–water partition coefficient (Wildman–Crippen LogP) is 3.97. The maximum Gasteiger partial charge on any atom is 0.123 e. The lowest BCUT2D eigenvalue weighted by Crippen LogP contribution is -2.47. The second kappa shape index (κ2) is 9.23. The molecule has 0 amide bonds. The van der Waals surface area contributed by atoms with Crippen molar-refractivity contribution in [2.75, 3.05) is 20.3 Å². The van der Waals surface area contributed by atoms with Crippen molar-refractivity contribution in [3.05, 3.63) is 102 Å². The normalized spacial score (nSPS) is 25.0. The molecule has 2 heterocycles. The minimum atomic E-state index is 0.267. The van der Waals surface area contributed by atoms with Crippen LogP contribution in [0, 0.1) is 5.92 Å². The van der Waals surface area contributed by atoms with E-state index in [2.05, 4.69) is 83.4 Å². The van der Waals surface area contributed by atoms with Crippen molar-refractivity contribution < 1.29 is 9.47 Å². The zero-order valence-electron chi connectivity index (χ0n) is 17.9. The Bertz CT molecular complexity index is 939. The van der Waals surface area contributed by atoms with E-state index < -0.39 is 0 Å². The van der Waals surface area contributed by atoms with Crippen molar-refractivity contribution >= 4 is 0 Å². The fraction of sp³-hybridized carbons (Fsp3) is 0.333. The van der Waals surface area contributed by atoms with E-state index >= 15 is 0 Å². The Balaban J connectivity index is 1.47. The Morgan fingerprint density at radius 1 is 0.903 bits per heavy atom. The maximum atomic E-state index is 5.85. The van der Waals surface area contributed by atoms with E-state index in [1.165, 1.54) is 16.7 Å². The Morgan fingerprint density at radius 2 is 1.55 bits per heavy atom. The second-order valence-corrected chi connectivity index (χ2v) is 8.52. The van der Waals surface area contributed by atoms with Gasteiger partial charge in [0.25, 0.3) is 0 Å². The molecule has 0 bridgehead atoms. The van der Waals surface area contributed by atoms with Gasteiger partial charge in [-0.1, -0.05) is 78.9 Å². The van der Waals surface area contributed by atoms with Gasteiger partial charge in [0.2, 0.25) is 0 Å². The zero-order chi connectivity index (χ0) is 21.0. The van der Waals surface area contributed by atoms with Crippen LogP contribution in [0.4, 0.5) is 0 Å². The molecule has 5 rings (SSSR count). The van der Waals surface area contributed by atoms with Crippen LogP contribution in [0.25, 0.3) is 0 Å². The monoisotopic (exact) mass is 414 g/mol. The molecular weight excluding hydrogens is 384 g/mol. The van der Waals surface area contributed by atoms with Crippen LogP contribution in [0.15, 0.2) is 84.9 Å². The van der Waals surface area contributed by atoms with Gasteiger partial charge in [-0.15, -0.1) is 0 Å². The smallest absolute Gasteiger partial charge is 0.123 e. The van der Waals surface area contributed by atoms with Crippen LogP contribution in [0.1, 0.15) is 22.6 Å². The van der Waals surface area contributed by atoms with Crippen molar-refractivity contribution in [2.24, 2.45) is 5.92 Å². The van der Waals surface area contributed by atoms with Crippen LogP contribution >= 0.6 is 0 Å². The van der Waals surface area contributed by atoms with Crippen LogP contribution in [-0.2, 0) is 11.3 Å². The van der Waals surface area contributed by atoms with Gasteiger partial charge in [0.1, 0.15) is 5.75 Å². The first-order valence-electron chi connectivity index (χ1n) is 11.1. The van der Waals surface area contributed by atoms with Gasteiger partial charge in [-0.25, -0.2) is 0 Å². The summed E-state index contributed by atoms with van der Waals surface area (Å²) >= 11 is 0. The third kappa shape index (κ3) is 4.11. The van der Waals surface area contributed by atoms with E-state index in [0.717, 1.165) is 25.5 Å². The highest BCUT2D eigenvalue weighted by atomic mass is 16.5. The van der Waals surface area contributed by atoms with Gasteiger partial charge >= 0.3 is 0 Å². The minimum Gasteiger partial charge on any atom is -0.496 e. The maximum absolute atomic E-state index is 5.85. The first-order valence-corrected chi connectivity index (χ1v) is 11.1. The van der Waals surface area contributed by atoms with E-state index in [0.29, 0.717) is 18.0 Å². The van der Waals surface area contributed by atoms with E-state index in [1.54, 1.807) is 7.11 Å². The summed E-state index contributed by atoms with van der Waals surface area (Å²) in [6.07, 6.45) is 0. The molecule has 160 valence electrons. The van der Waals surface area contributed by atoms with Crippen LogP contribution < -0.4 is 15.4 Å². The number of benzene rings is 3. The number of ether oxygens (including phenoxy) is 2. The Morgan fingerprint density at radius 3 is 2.23 bits per heavy atom. The molecule has 4 atom stereocenters. The molecule has 31 heavy (non-hydrogen) atoms. The first-order chi connectivity index (χ1) is 15.3. The fourth-order valence-electron chi connectivity index (χ4n) is 5.30. The Labute approximate surface area is 184 Å². The summed E-state index contributed by atoms with van der Waals surface area (Å²) in [6.45, 7) is 2.35. The fourth-order valence-corrected chi connectivity index (χ4v) is 5.30. The average molecular weight is 415 g/mol. The molecule has 2 N–H and O–H groups in total. The van der Waals surface area contributed by atoms with E-state index in [-0.39, 0.29) is 12.0 Å². The molecule has 4 unspecified atom stereocenters. The standard InChI is InChI=1S/C27H30N2O2/c1-30-24-15-9-8-14-21(24)16-28-26-22-17-31-18-23(22)29-27(26)25(19-10-4-2-5-11-19)20-12-6-3-7-13-20/h2-15,22-23,25-29H,16-18H2,1H3. The molecule has 2 saturated heterocycles. The lowest BCUT2D eigenvalue weighted by atomic mass is 9.80. The second-order valence-electron chi connectivity index (χ2n) is 8.52. The molecule has 0 aliphatic carbocycles. The van der Waals surface area contributed by atoms with Crippen LogP contribution in [0.2, 0.25) is 0 Å². The molecule has 3 aromatic rings. The summed E-state index contributed by atoms with van der Waals surface area (Å²) in [7, 11) is 1.74. The summed E-state index contributed by atoms with van der Waals surface area (Å²) in [5, 5.41) is 7.84. The van der Waals surface area contributed by atoms with Gasteiger partial charge in [-0.05, 0) is 17.2 Å². The Hall–Kier alpha value is -2.66. The quantitative estimate of drug-likeness (QED) is 0.614. The minimum absolute atomic E-state index is 0.267. The highest BCUT2D eigenvalue weighted by Gasteiger charge is 2.48. The van der Waals surface area contributed by atoms with Gasteiger partial charge in [0.15, 0.2) is 0 Å². The van der Waals surface area contributed by atoms with Crippen molar-refractivity contribution in [2.45, 2.75) is 30.6 Å². The number of hydrogen-bond acceptors (Lipinski definition) is 4. The molecule has 0 spiro atoms. The first kappa shape index (κ1) is 20.3. The largest absolute Gasteiger partial charge is 0.496 e. The predicted molar refractivity (Wildman–Crippen MR) is 123 cm³/mol. The lowest BCUT2D eigenvalue weighted by molar-refractivity contribution is 0.160. The number of hydrogen-bond donors (Lipinski definition) is 2. The van der Waals surface area contributed by atoms with E-state index in [1.807, 2.05) is 12.1 Å². The molecule has 0 radical (unpaired) electrons. The number of fused-ring (bicyclic) bond motifs is 1. The van der Waals surface area contributed by atoms with Crippen LogP contribution in [0.3, 0.4) is 0 Å². The molecule has 4 nitrogen and oxygen atoms in total. The SMILES string of the molecule is COc1ccccc1CNC1C2COCC2NC1C(c1ccccc1)c1ccccc1. The topological polar surface area (TPSA) is 42.5 Å². The summed E-state index contributed by atoms with van der Waals surface area (Å²) in [5.41, 5.74) is 3.87.